The van der Waals surface area contributed by atoms with Crippen LogP contribution in [0, 0.1) is 13.8 Å². The number of morpholine rings is 1. The molecule has 34 heavy (non-hydrogen) atoms. The van der Waals surface area contributed by atoms with Gasteiger partial charge in [-0.05, 0) is 49.6 Å². The molecule has 2 amide bonds. The Morgan fingerprint density at radius 1 is 0.853 bits per heavy atom. The lowest BCUT2D eigenvalue weighted by atomic mass is 10.1. The largest absolute Gasteiger partial charge is 0.378 e. The number of rotatable bonds is 5. The van der Waals surface area contributed by atoms with E-state index in [1.165, 1.54) is 4.68 Å². The number of nitrogens with zero attached hydrogens (tertiary/aromatic N) is 5. The molecule has 9 heteroatoms. The maximum absolute atomic E-state index is 12.8. The molecule has 0 bridgehead atoms. The number of carbonyl (C=O) groups is 2. The number of carbonyl (C=O) groups excluding carboxylic acids is 2. The van der Waals surface area contributed by atoms with Crippen molar-refractivity contribution >= 4 is 17.6 Å². The minimum absolute atomic E-state index is 0.0107. The van der Waals surface area contributed by atoms with Crippen LogP contribution in [-0.4, -0.2) is 83.9 Å². The van der Waals surface area contributed by atoms with Gasteiger partial charge in [0.25, 0.3) is 5.56 Å². The average Bonchev–Trinajstić information content (AvgIpc) is 3.11. The molecule has 0 saturated carbocycles. The number of benzene rings is 1. The van der Waals surface area contributed by atoms with Gasteiger partial charge in [-0.25, -0.2) is 0 Å². The summed E-state index contributed by atoms with van der Waals surface area (Å²) >= 11 is 0. The summed E-state index contributed by atoms with van der Waals surface area (Å²) in [5.41, 5.74) is 2.83. The van der Waals surface area contributed by atoms with E-state index in [0.29, 0.717) is 45.9 Å². The number of anilines is 1. The van der Waals surface area contributed by atoms with E-state index < -0.39 is 0 Å². The van der Waals surface area contributed by atoms with Crippen molar-refractivity contribution < 1.29 is 14.3 Å². The van der Waals surface area contributed by atoms with Crippen molar-refractivity contribution in [3.8, 4) is 5.69 Å². The predicted octanol–water partition coefficient (Wildman–Crippen LogP) is 1.53. The summed E-state index contributed by atoms with van der Waals surface area (Å²) in [5.74, 6) is 0.747. The highest BCUT2D eigenvalue weighted by Crippen LogP contribution is 2.16. The Hall–Kier alpha value is -3.20. The zero-order valence-corrected chi connectivity index (χ0v) is 20.0. The fraction of sp³-hybridized carbons (Fsp3) is 0.520. The van der Waals surface area contributed by atoms with Crippen molar-refractivity contribution in [2.24, 2.45) is 0 Å². The lowest BCUT2D eigenvalue weighted by Gasteiger charge is -2.27. The summed E-state index contributed by atoms with van der Waals surface area (Å²) in [6.45, 7) is 8.96. The highest BCUT2D eigenvalue weighted by atomic mass is 16.5. The van der Waals surface area contributed by atoms with Crippen LogP contribution in [-0.2, 0) is 14.3 Å². The molecule has 2 fully saturated rings. The maximum Gasteiger partial charge on any atom is 0.271 e. The molecule has 0 aliphatic carbocycles. The van der Waals surface area contributed by atoms with Crippen LogP contribution in [0.15, 0.2) is 35.1 Å². The van der Waals surface area contributed by atoms with Crippen LogP contribution < -0.4 is 10.5 Å². The second-order valence-electron chi connectivity index (χ2n) is 8.92. The van der Waals surface area contributed by atoms with E-state index in [9.17, 15) is 14.4 Å². The topological polar surface area (TPSA) is 88.0 Å². The summed E-state index contributed by atoms with van der Waals surface area (Å²) in [4.78, 5) is 43.4. The second-order valence-corrected chi connectivity index (χ2v) is 8.92. The van der Waals surface area contributed by atoms with Gasteiger partial charge in [0.15, 0.2) is 0 Å². The quantitative estimate of drug-likeness (QED) is 0.663. The number of aryl methyl sites for hydroxylation is 2. The number of hydrogen-bond donors (Lipinski definition) is 0. The van der Waals surface area contributed by atoms with Gasteiger partial charge >= 0.3 is 0 Å². The minimum atomic E-state index is -0.177. The molecule has 9 nitrogen and oxygen atoms in total. The molecular formula is C25H33N5O4. The number of amides is 2. The zero-order valence-electron chi connectivity index (χ0n) is 20.0. The van der Waals surface area contributed by atoms with Gasteiger partial charge in [0.05, 0.1) is 18.9 Å². The van der Waals surface area contributed by atoms with E-state index in [0.717, 1.165) is 35.6 Å². The average molecular weight is 468 g/mol. The van der Waals surface area contributed by atoms with Crippen molar-refractivity contribution in [1.82, 2.24) is 19.6 Å². The molecule has 0 spiro atoms. The Morgan fingerprint density at radius 3 is 2.26 bits per heavy atom. The van der Waals surface area contributed by atoms with Gasteiger partial charge in [0.1, 0.15) is 5.82 Å². The van der Waals surface area contributed by atoms with Crippen molar-refractivity contribution in [3.63, 3.8) is 0 Å². The van der Waals surface area contributed by atoms with E-state index in [2.05, 4.69) is 10.00 Å². The number of hydrogen-bond acceptors (Lipinski definition) is 6. The van der Waals surface area contributed by atoms with Gasteiger partial charge < -0.3 is 19.4 Å². The van der Waals surface area contributed by atoms with Crippen LogP contribution in [0.2, 0.25) is 0 Å². The fourth-order valence-electron chi connectivity index (χ4n) is 4.35. The van der Waals surface area contributed by atoms with Crippen LogP contribution in [0.3, 0.4) is 0 Å². The van der Waals surface area contributed by atoms with Crippen LogP contribution in [0.1, 0.15) is 30.4 Å². The summed E-state index contributed by atoms with van der Waals surface area (Å²) < 4.78 is 6.72. The lowest BCUT2D eigenvalue weighted by molar-refractivity contribution is -0.139. The van der Waals surface area contributed by atoms with Crippen molar-refractivity contribution in [1.29, 1.82) is 0 Å². The van der Waals surface area contributed by atoms with Crippen LogP contribution >= 0.6 is 0 Å². The molecule has 0 N–H and O–H groups in total. The Kier molecular flexibility index (Phi) is 7.62. The third-order valence-electron chi connectivity index (χ3n) is 6.61. The Morgan fingerprint density at radius 2 is 1.56 bits per heavy atom. The molecule has 0 radical (unpaired) electrons. The molecular weight excluding hydrogens is 434 g/mol. The van der Waals surface area contributed by atoms with E-state index in [1.807, 2.05) is 36.9 Å². The van der Waals surface area contributed by atoms with E-state index in [4.69, 9.17) is 4.74 Å². The summed E-state index contributed by atoms with van der Waals surface area (Å²) in [6.07, 6.45) is 1.27. The number of aromatic nitrogens is 2. The fourth-order valence-corrected chi connectivity index (χ4v) is 4.35. The molecule has 2 aliphatic rings. The van der Waals surface area contributed by atoms with E-state index in [-0.39, 0.29) is 30.2 Å². The normalized spacial score (nSPS) is 16.9. The zero-order chi connectivity index (χ0) is 24.1. The smallest absolute Gasteiger partial charge is 0.271 e. The first-order chi connectivity index (χ1) is 16.4. The molecule has 1 aromatic heterocycles. The SMILES string of the molecule is Cc1ccc(-n2nc(N3CCCN(C(=O)CCC(=O)N4CCOCC4)CC3)ccc2=O)cc1C. The third-order valence-corrected chi connectivity index (χ3v) is 6.61. The third kappa shape index (κ3) is 5.64. The highest BCUT2D eigenvalue weighted by molar-refractivity contribution is 5.84. The van der Waals surface area contributed by atoms with Gasteiger partial charge in [-0.3, -0.25) is 14.4 Å². The Balaban J connectivity index is 1.37. The molecule has 0 unspecified atom stereocenters. The minimum Gasteiger partial charge on any atom is -0.378 e. The maximum atomic E-state index is 12.8. The highest BCUT2D eigenvalue weighted by Gasteiger charge is 2.23. The summed E-state index contributed by atoms with van der Waals surface area (Å²) in [5, 5.41) is 4.63. The molecule has 0 atom stereocenters. The molecule has 2 aliphatic heterocycles. The van der Waals surface area contributed by atoms with Gasteiger partial charge in [0.2, 0.25) is 11.8 Å². The first-order valence-corrected chi connectivity index (χ1v) is 12.0. The van der Waals surface area contributed by atoms with Crippen LogP contribution in [0.4, 0.5) is 5.82 Å². The van der Waals surface area contributed by atoms with Crippen LogP contribution in [0.25, 0.3) is 5.69 Å². The summed E-state index contributed by atoms with van der Waals surface area (Å²) in [7, 11) is 0. The molecule has 2 aromatic rings. The molecule has 4 rings (SSSR count). The predicted molar refractivity (Wildman–Crippen MR) is 129 cm³/mol. The Labute approximate surface area is 199 Å². The standard InChI is InChI=1S/C25H33N5O4/c1-19-4-5-21(18-20(19)2)30-25(33)7-6-22(26-30)27-10-3-11-28(13-12-27)23(31)8-9-24(32)29-14-16-34-17-15-29/h4-7,18H,3,8-17H2,1-2H3. The molecule has 1 aromatic carbocycles. The van der Waals surface area contributed by atoms with E-state index >= 15 is 0 Å². The molecule has 2 saturated heterocycles. The first kappa shape index (κ1) is 23.9. The first-order valence-electron chi connectivity index (χ1n) is 12.0. The van der Waals surface area contributed by atoms with Crippen molar-refractivity contribution in [2.75, 3.05) is 57.4 Å². The van der Waals surface area contributed by atoms with Gasteiger partial charge in [0, 0.05) is 58.2 Å². The Bertz CT molecular complexity index is 1090. The van der Waals surface area contributed by atoms with Crippen molar-refractivity contribution in [2.45, 2.75) is 33.1 Å². The molecule has 182 valence electrons. The molecule has 3 heterocycles. The van der Waals surface area contributed by atoms with E-state index in [1.54, 1.807) is 17.0 Å². The van der Waals surface area contributed by atoms with Gasteiger partial charge in [-0.2, -0.15) is 4.68 Å². The van der Waals surface area contributed by atoms with Gasteiger partial charge in [-0.1, -0.05) is 6.07 Å². The van der Waals surface area contributed by atoms with Gasteiger partial charge in [-0.15, -0.1) is 5.10 Å². The summed E-state index contributed by atoms with van der Waals surface area (Å²) in [6, 6.07) is 9.15. The van der Waals surface area contributed by atoms with Crippen LogP contribution in [0.5, 0.6) is 0 Å². The second kappa shape index (κ2) is 10.8. The van der Waals surface area contributed by atoms with Crippen molar-refractivity contribution in [3.05, 3.63) is 51.8 Å². The number of ether oxygens (including phenoxy) is 1. The monoisotopic (exact) mass is 467 g/mol. The lowest BCUT2D eigenvalue weighted by Crippen LogP contribution is -2.41.